The van der Waals surface area contributed by atoms with E-state index in [2.05, 4.69) is 47.9 Å². The summed E-state index contributed by atoms with van der Waals surface area (Å²) in [4.78, 5) is 11.0. The van der Waals surface area contributed by atoms with Gasteiger partial charge in [-0.3, -0.25) is 4.79 Å². The van der Waals surface area contributed by atoms with Crippen LogP contribution in [0.25, 0.3) is 11.1 Å². The van der Waals surface area contributed by atoms with Crippen LogP contribution in [-0.2, 0) is 17.9 Å². The SMILES string of the molecule is CC(=O)NCCNCc1ccc(OCc2cccc(-c3ccccc3)c2C)cc1OCCCO. The van der Waals surface area contributed by atoms with E-state index in [1.165, 1.54) is 23.6 Å². The van der Waals surface area contributed by atoms with Crippen molar-refractivity contribution in [2.75, 3.05) is 26.3 Å². The molecule has 6 heteroatoms. The first-order valence-electron chi connectivity index (χ1n) is 11.7. The Balaban J connectivity index is 1.67. The average Bonchev–Trinajstić information content (AvgIpc) is 2.84. The molecule has 0 heterocycles. The van der Waals surface area contributed by atoms with Gasteiger partial charge in [-0.2, -0.15) is 0 Å². The van der Waals surface area contributed by atoms with Gasteiger partial charge < -0.3 is 25.2 Å². The summed E-state index contributed by atoms with van der Waals surface area (Å²) >= 11 is 0. The largest absolute Gasteiger partial charge is 0.493 e. The lowest BCUT2D eigenvalue weighted by Gasteiger charge is -2.16. The molecule has 180 valence electrons. The molecule has 0 spiro atoms. The van der Waals surface area contributed by atoms with Gasteiger partial charge in [-0.05, 0) is 35.2 Å². The molecule has 0 saturated heterocycles. The number of aliphatic hydroxyl groups excluding tert-OH is 1. The molecule has 0 atom stereocenters. The lowest BCUT2D eigenvalue weighted by atomic mass is 9.97. The molecule has 0 fully saturated rings. The van der Waals surface area contributed by atoms with Crippen molar-refractivity contribution < 1.29 is 19.4 Å². The second-order valence-electron chi connectivity index (χ2n) is 8.10. The maximum absolute atomic E-state index is 11.0. The molecule has 0 aliphatic heterocycles. The topological polar surface area (TPSA) is 79.8 Å². The number of hydrogen-bond acceptors (Lipinski definition) is 5. The number of ether oxygens (including phenoxy) is 2. The Hall–Kier alpha value is -3.35. The molecule has 6 nitrogen and oxygen atoms in total. The minimum Gasteiger partial charge on any atom is -0.493 e. The van der Waals surface area contributed by atoms with Crippen LogP contribution in [0.2, 0.25) is 0 Å². The molecular weight excluding hydrogens is 428 g/mol. The molecule has 0 unspecified atom stereocenters. The van der Waals surface area contributed by atoms with Crippen LogP contribution in [0.1, 0.15) is 30.0 Å². The van der Waals surface area contributed by atoms with Crippen molar-refractivity contribution in [1.82, 2.24) is 10.6 Å². The quantitative estimate of drug-likeness (QED) is 0.331. The number of carbonyl (C=O) groups excluding carboxylic acids is 1. The smallest absolute Gasteiger partial charge is 0.216 e. The van der Waals surface area contributed by atoms with E-state index in [9.17, 15) is 4.79 Å². The zero-order chi connectivity index (χ0) is 24.2. The fraction of sp³-hybridized carbons (Fsp3) is 0.321. The lowest BCUT2D eigenvalue weighted by molar-refractivity contribution is -0.118. The molecule has 0 bridgehead atoms. The van der Waals surface area contributed by atoms with Crippen LogP contribution in [0.15, 0.2) is 66.7 Å². The van der Waals surface area contributed by atoms with Gasteiger partial charge in [-0.1, -0.05) is 54.6 Å². The van der Waals surface area contributed by atoms with Crippen molar-refractivity contribution >= 4 is 5.91 Å². The first kappa shape index (κ1) is 25.3. The van der Waals surface area contributed by atoms with E-state index in [4.69, 9.17) is 14.6 Å². The standard InChI is InChI=1S/C28H34N2O4/c1-21-25(10-6-11-27(21)23-8-4-3-5-9-23)20-34-26-13-12-24(19-29-14-15-30-22(2)32)28(18-26)33-17-7-16-31/h3-6,8-13,18,29,31H,7,14-17,19-20H2,1-2H3,(H,30,32). The van der Waals surface area contributed by atoms with Crippen LogP contribution in [0.3, 0.4) is 0 Å². The van der Waals surface area contributed by atoms with Crippen LogP contribution in [0, 0.1) is 6.92 Å². The highest BCUT2D eigenvalue weighted by molar-refractivity contribution is 5.72. The summed E-state index contributed by atoms with van der Waals surface area (Å²) in [6, 6.07) is 22.5. The van der Waals surface area contributed by atoms with Gasteiger partial charge in [0.2, 0.25) is 5.91 Å². The second kappa shape index (κ2) is 13.4. The summed E-state index contributed by atoms with van der Waals surface area (Å²) in [6.07, 6.45) is 0.561. The van der Waals surface area contributed by atoms with E-state index < -0.39 is 0 Å². The third-order valence-electron chi connectivity index (χ3n) is 5.51. The Morgan fingerprint density at radius 1 is 0.941 bits per heavy atom. The van der Waals surface area contributed by atoms with Crippen LogP contribution < -0.4 is 20.1 Å². The summed E-state index contributed by atoms with van der Waals surface area (Å²) in [5.41, 5.74) is 5.73. The van der Waals surface area contributed by atoms with Crippen molar-refractivity contribution in [2.45, 2.75) is 33.4 Å². The minimum absolute atomic E-state index is 0.0409. The van der Waals surface area contributed by atoms with E-state index in [1.807, 2.05) is 36.4 Å². The van der Waals surface area contributed by atoms with Gasteiger partial charge in [0, 0.05) is 51.2 Å². The summed E-state index contributed by atoms with van der Waals surface area (Å²) < 4.78 is 12.1. The van der Waals surface area contributed by atoms with Crippen molar-refractivity contribution in [3.8, 4) is 22.6 Å². The lowest BCUT2D eigenvalue weighted by Crippen LogP contribution is -2.30. The van der Waals surface area contributed by atoms with Crippen LogP contribution >= 0.6 is 0 Å². The molecule has 34 heavy (non-hydrogen) atoms. The second-order valence-corrected chi connectivity index (χ2v) is 8.10. The minimum atomic E-state index is -0.0409. The summed E-state index contributed by atoms with van der Waals surface area (Å²) in [5, 5.41) is 15.2. The van der Waals surface area contributed by atoms with Gasteiger partial charge in [-0.15, -0.1) is 0 Å². The zero-order valence-corrected chi connectivity index (χ0v) is 20.0. The molecule has 1 amide bonds. The van der Waals surface area contributed by atoms with E-state index in [-0.39, 0.29) is 12.5 Å². The van der Waals surface area contributed by atoms with Crippen molar-refractivity contribution in [2.24, 2.45) is 0 Å². The Morgan fingerprint density at radius 3 is 2.53 bits per heavy atom. The van der Waals surface area contributed by atoms with Crippen molar-refractivity contribution in [3.63, 3.8) is 0 Å². The number of hydrogen-bond donors (Lipinski definition) is 3. The number of aliphatic hydroxyl groups is 1. The van der Waals surface area contributed by atoms with Crippen molar-refractivity contribution in [1.29, 1.82) is 0 Å². The molecule has 3 aromatic rings. The van der Waals surface area contributed by atoms with Gasteiger partial charge in [-0.25, -0.2) is 0 Å². The van der Waals surface area contributed by atoms with E-state index in [0.29, 0.717) is 39.3 Å². The summed E-state index contributed by atoms with van der Waals surface area (Å²) in [7, 11) is 0. The molecular formula is C28H34N2O4. The fourth-order valence-electron chi connectivity index (χ4n) is 3.63. The Morgan fingerprint density at radius 2 is 1.76 bits per heavy atom. The average molecular weight is 463 g/mol. The number of rotatable bonds is 13. The van der Waals surface area contributed by atoms with Crippen LogP contribution in [0.4, 0.5) is 0 Å². The molecule has 0 aliphatic rings. The molecule has 3 rings (SSSR count). The maximum Gasteiger partial charge on any atom is 0.216 e. The maximum atomic E-state index is 11.0. The van der Waals surface area contributed by atoms with Gasteiger partial charge in [0.05, 0.1) is 6.61 Å². The first-order valence-corrected chi connectivity index (χ1v) is 11.7. The van der Waals surface area contributed by atoms with E-state index >= 15 is 0 Å². The highest BCUT2D eigenvalue weighted by Gasteiger charge is 2.10. The molecule has 3 N–H and O–H groups in total. The van der Waals surface area contributed by atoms with E-state index in [0.717, 1.165) is 22.6 Å². The van der Waals surface area contributed by atoms with Gasteiger partial charge in [0.25, 0.3) is 0 Å². The van der Waals surface area contributed by atoms with Crippen LogP contribution in [-0.4, -0.2) is 37.3 Å². The summed E-state index contributed by atoms with van der Waals surface area (Å²) in [5.74, 6) is 1.42. The summed E-state index contributed by atoms with van der Waals surface area (Å²) in [6.45, 7) is 6.42. The first-order chi connectivity index (χ1) is 16.6. The third-order valence-corrected chi connectivity index (χ3v) is 5.51. The number of carbonyl (C=O) groups is 1. The highest BCUT2D eigenvalue weighted by atomic mass is 16.5. The molecule has 0 aromatic heterocycles. The number of amides is 1. The predicted molar refractivity (Wildman–Crippen MR) is 135 cm³/mol. The number of benzene rings is 3. The number of nitrogens with one attached hydrogen (secondary N) is 2. The monoisotopic (exact) mass is 462 g/mol. The Bertz CT molecular complexity index is 1050. The van der Waals surface area contributed by atoms with Crippen LogP contribution in [0.5, 0.6) is 11.5 Å². The Labute approximate surface area is 201 Å². The molecule has 0 radical (unpaired) electrons. The third kappa shape index (κ3) is 7.61. The molecule has 0 saturated carbocycles. The van der Waals surface area contributed by atoms with Crippen molar-refractivity contribution in [3.05, 3.63) is 83.4 Å². The fourth-order valence-corrected chi connectivity index (χ4v) is 3.63. The van der Waals surface area contributed by atoms with Gasteiger partial charge in [0.15, 0.2) is 0 Å². The van der Waals surface area contributed by atoms with E-state index in [1.54, 1.807) is 0 Å². The molecule has 0 aliphatic carbocycles. The molecule has 3 aromatic carbocycles. The zero-order valence-electron chi connectivity index (χ0n) is 20.0. The Kier molecular flexibility index (Phi) is 9.95. The normalized spacial score (nSPS) is 10.7. The highest BCUT2D eigenvalue weighted by Crippen LogP contribution is 2.28. The van der Waals surface area contributed by atoms with Gasteiger partial charge in [0.1, 0.15) is 18.1 Å². The van der Waals surface area contributed by atoms with Gasteiger partial charge >= 0.3 is 0 Å². The predicted octanol–water partition coefficient (Wildman–Crippen LogP) is 4.23.